The average molecular weight is 214 g/mol. The van der Waals surface area contributed by atoms with E-state index in [-0.39, 0.29) is 0 Å². The normalized spacial score (nSPS) is 21.8. The van der Waals surface area contributed by atoms with Crippen LogP contribution in [0.25, 0.3) is 0 Å². The number of hydrogen-bond acceptors (Lipinski definition) is 3. The molecule has 1 heterocycles. The van der Waals surface area contributed by atoms with Crippen LogP contribution in [0.4, 0.5) is 0 Å². The van der Waals surface area contributed by atoms with Gasteiger partial charge in [0.25, 0.3) is 0 Å². The number of likely N-dealkylation sites (tertiary alicyclic amines) is 1. The molecule has 0 unspecified atom stereocenters. The number of aliphatic hydroxyl groups excluding tert-OH is 1. The fourth-order valence-electron chi connectivity index (χ4n) is 2.14. The number of nitrogens with one attached hydrogen (secondary N) is 1. The van der Waals surface area contributed by atoms with Crippen LogP contribution in [0.15, 0.2) is 0 Å². The number of hydrogen-bond donors (Lipinski definition) is 2. The number of nitrogens with zero attached hydrogens (tertiary/aromatic N) is 1. The topological polar surface area (TPSA) is 35.5 Å². The minimum atomic E-state index is 0.345. The molecule has 0 aromatic carbocycles. The molecule has 1 aliphatic rings. The minimum Gasteiger partial charge on any atom is -0.396 e. The molecule has 1 rings (SSSR count). The summed E-state index contributed by atoms with van der Waals surface area (Å²) < 4.78 is 0. The van der Waals surface area contributed by atoms with E-state index in [1.807, 2.05) is 0 Å². The number of piperidine rings is 1. The second-order valence-corrected chi connectivity index (χ2v) is 4.94. The molecule has 0 radical (unpaired) electrons. The average Bonchev–Trinajstić information content (AvgIpc) is 2.27. The van der Waals surface area contributed by atoms with Crippen LogP contribution in [0.1, 0.15) is 39.0 Å². The predicted octanol–water partition coefficient (Wildman–Crippen LogP) is 1.22. The highest BCUT2D eigenvalue weighted by Crippen LogP contribution is 2.21. The Labute approximate surface area is 93.9 Å². The maximum absolute atomic E-state index is 8.68. The van der Waals surface area contributed by atoms with E-state index in [1.54, 1.807) is 0 Å². The maximum Gasteiger partial charge on any atom is 0.0431 e. The van der Waals surface area contributed by atoms with Gasteiger partial charge in [0.15, 0.2) is 0 Å². The molecule has 1 saturated heterocycles. The summed E-state index contributed by atoms with van der Waals surface area (Å²) in [5, 5.41) is 12.1. The molecule has 90 valence electrons. The highest BCUT2D eigenvalue weighted by Gasteiger charge is 2.27. The zero-order valence-electron chi connectivity index (χ0n) is 10.3. The molecule has 0 amide bonds. The highest BCUT2D eigenvalue weighted by atomic mass is 16.2. The van der Waals surface area contributed by atoms with Crippen LogP contribution >= 0.6 is 0 Å². The van der Waals surface area contributed by atoms with Crippen LogP contribution in [0.5, 0.6) is 0 Å². The molecular formula is C12H26N2O. The Balaban J connectivity index is 2.09. The van der Waals surface area contributed by atoms with Crippen LogP contribution in [-0.4, -0.2) is 48.8 Å². The van der Waals surface area contributed by atoms with Crippen LogP contribution in [-0.2, 0) is 0 Å². The van der Waals surface area contributed by atoms with Crippen LogP contribution in [0, 0.1) is 0 Å². The molecular weight excluding hydrogens is 188 g/mol. The molecule has 0 atom stereocenters. The first-order valence-corrected chi connectivity index (χ1v) is 6.22. The SMILES string of the molecule is CNC1(C)CCN(CCCCCO)CC1. The lowest BCUT2D eigenvalue weighted by Gasteiger charge is -2.39. The molecule has 1 fully saturated rings. The summed E-state index contributed by atoms with van der Waals surface area (Å²) in [7, 11) is 2.07. The van der Waals surface area contributed by atoms with E-state index in [2.05, 4.69) is 24.2 Å². The van der Waals surface area contributed by atoms with Gasteiger partial charge in [0, 0.05) is 12.1 Å². The first-order valence-electron chi connectivity index (χ1n) is 6.22. The molecule has 1 aliphatic heterocycles. The van der Waals surface area contributed by atoms with Crippen molar-refractivity contribution < 1.29 is 5.11 Å². The molecule has 0 aromatic rings. The Morgan fingerprint density at radius 1 is 1.20 bits per heavy atom. The van der Waals surface area contributed by atoms with Crippen molar-refractivity contribution in [3.63, 3.8) is 0 Å². The van der Waals surface area contributed by atoms with Crippen LogP contribution in [0.3, 0.4) is 0 Å². The lowest BCUT2D eigenvalue weighted by molar-refractivity contribution is 0.149. The molecule has 0 aliphatic carbocycles. The molecule has 2 N–H and O–H groups in total. The fourth-order valence-corrected chi connectivity index (χ4v) is 2.14. The highest BCUT2D eigenvalue weighted by molar-refractivity contribution is 4.87. The van der Waals surface area contributed by atoms with Crippen molar-refractivity contribution in [3.8, 4) is 0 Å². The van der Waals surface area contributed by atoms with Gasteiger partial charge in [-0.05, 0) is 65.7 Å². The van der Waals surface area contributed by atoms with Gasteiger partial charge in [-0.1, -0.05) is 0 Å². The maximum atomic E-state index is 8.68. The van der Waals surface area contributed by atoms with Gasteiger partial charge in [-0.2, -0.15) is 0 Å². The fraction of sp³-hybridized carbons (Fsp3) is 1.00. The second-order valence-electron chi connectivity index (χ2n) is 4.94. The van der Waals surface area contributed by atoms with Crippen molar-refractivity contribution in [3.05, 3.63) is 0 Å². The third-order valence-corrected chi connectivity index (χ3v) is 3.70. The van der Waals surface area contributed by atoms with Gasteiger partial charge < -0.3 is 15.3 Å². The van der Waals surface area contributed by atoms with E-state index in [0.717, 1.165) is 12.8 Å². The Hall–Kier alpha value is -0.120. The van der Waals surface area contributed by atoms with E-state index in [4.69, 9.17) is 5.11 Å². The molecule has 0 bridgehead atoms. The van der Waals surface area contributed by atoms with E-state index in [1.165, 1.54) is 38.9 Å². The molecule has 0 spiro atoms. The number of unbranched alkanes of at least 4 members (excludes halogenated alkanes) is 2. The van der Waals surface area contributed by atoms with Crippen molar-refractivity contribution in [2.45, 2.75) is 44.6 Å². The van der Waals surface area contributed by atoms with E-state index in [0.29, 0.717) is 12.1 Å². The summed E-state index contributed by atoms with van der Waals surface area (Å²) in [6.45, 7) is 6.31. The summed E-state index contributed by atoms with van der Waals surface area (Å²) in [6.07, 6.45) is 5.86. The van der Waals surface area contributed by atoms with Gasteiger partial charge in [-0.25, -0.2) is 0 Å². The standard InChI is InChI=1S/C12H26N2O/c1-12(13-2)6-9-14(10-7-12)8-4-3-5-11-15/h13,15H,3-11H2,1-2H3. The first kappa shape index (κ1) is 12.9. The second kappa shape index (κ2) is 6.46. The summed E-state index contributed by atoms with van der Waals surface area (Å²) in [5.41, 5.74) is 0.363. The quantitative estimate of drug-likeness (QED) is 0.653. The lowest BCUT2D eigenvalue weighted by atomic mass is 9.90. The Kier molecular flexibility index (Phi) is 5.58. The number of aliphatic hydroxyl groups is 1. The van der Waals surface area contributed by atoms with Crippen molar-refractivity contribution >= 4 is 0 Å². The number of rotatable bonds is 6. The summed E-state index contributed by atoms with van der Waals surface area (Å²) >= 11 is 0. The van der Waals surface area contributed by atoms with Crippen molar-refractivity contribution in [2.75, 3.05) is 33.3 Å². The zero-order valence-corrected chi connectivity index (χ0v) is 10.3. The first-order chi connectivity index (χ1) is 7.20. The van der Waals surface area contributed by atoms with E-state index < -0.39 is 0 Å². The van der Waals surface area contributed by atoms with Crippen molar-refractivity contribution in [1.29, 1.82) is 0 Å². The van der Waals surface area contributed by atoms with Crippen molar-refractivity contribution in [2.24, 2.45) is 0 Å². The lowest BCUT2D eigenvalue weighted by Crippen LogP contribution is -2.50. The predicted molar refractivity (Wildman–Crippen MR) is 64.1 cm³/mol. The van der Waals surface area contributed by atoms with E-state index >= 15 is 0 Å². The monoisotopic (exact) mass is 214 g/mol. The third-order valence-electron chi connectivity index (χ3n) is 3.70. The third kappa shape index (κ3) is 4.49. The Morgan fingerprint density at radius 3 is 2.40 bits per heavy atom. The molecule has 3 heteroatoms. The summed E-state index contributed by atoms with van der Waals surface area (Å²) in [5.74, 6) is 0. The Morgan fingerprint density at radius 2 is 1.87 bits per heavy atom. The molecule has 0 aromatic heterocycles. The van der Waals surface area contributed by atoms with E-state index in [9.17, 15) is 0 Å². The van der Waals surface area contributed by atoms with Gasteiger partial charge in [-0.3, -0.25) is 0 Å². The summed E-state index contributed by atoms with van der Waals surface area (Å²) in [4.78, 5) is 2.55. The van der Waals surface area contributed by atoms with Gasteiger partial charge in [0.2, 0.25) is 0 Å². The van der Waals surface area contributed by atoms with Crippen LogP contribution < -0.4 is 5.32 Å². The van der Waals surface area contributed by atoms with Crippen molar-refractivity contribution in [1.82, 2.24) is 10.2 Å². The summed E-state index contributed by atoms with van der Waals surface area (Å²) in [6, 6.07) is 0. The molecule has 15 heavy (non-hydrogen) atoms. The molecule has 0 saturated carbocycles. The minimum absolute atomic E-state index is 0.345. The van der Waals surface area contributed by atoms with Crippen LogP contribution in [0.2, 0.25) is 0 Å². The molecule has 3 nitrogen and oxygen atoms in total. The largest absolute Gasteiger partial charge is 0.396 e. The Bertz CT molecular complexity index is 165. The van der Waals surface area contributed by atoms with Gasteiger partial charge >= 0.3 is 0 Å². The smallest absolute Gasteiger partial charge is 0.0431 e. The zero-order chi connectivity index (χ0) is 11.1. The van der Waals surface area contributed by atoms with Gasteiger partial charge in [0.05, 0.1) is 0 Å². The van der Waals surface area contributed by atoms with Gasteiger partial charge in [-0.15, -0.1) is 0 Å². The van der Waals surface area contributed by atoms with Gasteiger partial charge in [0.1, 0.15) is 0 Å².